The summed E-state index contributed by atoms with van der Waals surface area (Å²) in [6.45, 7) is 1.61. The fourth-order valence-electron chi connectivity index (χ4n) is 1.31. The molecule has 19 heavy (non-hydrogen) atoms. The Balaban J connectivity index is 2.72. The van der Waals surface area contributed by atoms with E-state index in [1.165, 1.54) is 7.11 Å². The third-order valence-corrected chi connectivity index (χ3v) is 2.29. The summed E-state index contributed by atoms with van der Waals surface area (Å²) < 4.78 is 10.2. The molecule has 1 aromatic carbocycles. The highest BCUT2D eigenvalue weighted by molar-refractivity contribution is 5.94. The highest BCUT2D eigenvalue weighted by atomic mass is 16.5. The number of nitrogens with one attached hydrogen (secondary N) is 1. The molecule has 0 aliphatic heterocycles. The van der Waals surface area contributed by atoms with Crippen molar-refractivity contribution in [1.82, 2.24) is 5.32 Å². The molecule has 1 aromatic rings. The highest BCUT2D eigenvalue weighted by Crippen LogP contribution is 2.12. The quantitative estimate of drug-likeness (QED) is 0.638. The van der Waals surface area contributed by atoms with Gasteiger partial charge >= 0.3 is 0 Å². The first-order valence-electron chi connectivity index (χ1n) is 5.56. The van der Waals surface area contributed by atoms with Gasteiger partial charge in [0.05, 0.1) is 7.11 Å². The summed E-state index contributed by atoms with van der Waals surface area (Å²) in [6.07, 6.45) is 3.49. The van der Waals surface area contributed by atoms with E-state index in [9.17, 15) is 4.79 Å². The Labute approximate surface area is 112 Å². The SMILES string of the molecule is C#C[C@@H](C)OC(C#N)NC(=O)c1cccc(OC)c1. The number of carbonyl (C=O) groups excluding carboxylic acids is 1. The minimum absolute atomic E-state index is 0.372. The zero-order valence-electron chi connectivity index (χ0n) is 10.7. The minimum atomic E-state index is -1.09. The maximum Gasteiger partial charge on any atom is 0.254 e. The number of hydrogen-bond acceptors (Lipinski definition) is 4. The molecule has 0 spiro atoms. The van der Waals surface area contributed by atoms with Gasteiger partial charge in [-0.3, -0.25) is 4.79 Å². The zero-order valence-corrected chi connectivity index (χ0v) is 10.7. The highest BCUT2D eigenvalue weighted by Gasteiger charge is 2.15. The van der Waals surface area contributed by atoms with E-state index in [0.717, 1.165) is 0 Å². The average Bonchev–Trinajstić information content (AvgIpc) is 2.46. The lowest BCUT2D eigenvalue weighted by Gasteiger charge is -2.14. The molecule has 0 heterocycles. The number of rotatable bonds is 5. The fourth-order valence-corrected chi connectivity index (χ4v) is 1.31. The van der Waals surface area contributed by atoms with Crippen LogP contribution in [0, 0.1) is 23.7 Å². The van der Waals surface area contributed by atoms with Crippen molar-refractivity contribution in [3.05, 3.63) is 29.8 Å². The summed E-state index contributed by atoms with van der Waals surface area (Å²) in [5, 5.41) is 11.3. The van der Waals surface area contributed by atoms with E-state index in [1.54, 1.807) is 31.2 Å². The fraction of sp³-hybridized carbons (Fsp3) is 0.286. The summed E-state index contributed by atoms with van der Waals surface area (Å²) in [4.78, 5) is 11.9. The smallest absolute Gasteiger partial charge is 0.254 e. The predicted octanol–water partition coefficient (Wildman–Crippen LogP) is 1.31. The molecule has 0 radical (unpaired) electrons. The van der Waals surface area contributed by atoms with Crippen molar-refractivity contribution in [3.63, 3.8) is 0 Å². The lowest BCUT2D eigenvalue weighted by Crippen LogP contribution is -2.37. The van der Waals surface area contributed by atoms with Gasteiger partial charge in [-0.25, -0.2) is 0 Å². The van der Waals surface area contributed by atoms with Gasteiger partial charge in [-0.05, 0) is 25.1 Å². The van der Waals surface area contributed by atoms with Crippen LogP contribution in [0.1, 0.15) is 17.3 Å². The van der Waals surface area contributed by atoms with Crippen LogP contribution in [0.4, 0.5) is 0 Å². The van der Waals surface area contributed by atoms with Crippen LogP contribution in [0.5, 0.6) is 5.75 Å². The third kappa shape index (κ3) is 4.34. The first-order chi connectivity index (χ1) is 9.10. The molecule has 0 bridgehead atoms. The second-order valence-corrected chi connectivity index (χ2v) is 3.66. The summed E-state index contributed by atoms with van der Waals surface area (Å²) in [5.41, 5.74) is 0.372. The maximum absolute atomic E-state index is 11.9. The van der Waals surface area contributed by atoms with Crippen molar-refractivity contribution in [3.8, 4) is 24.2 Å². The molecule has 0 aliphatic rings. The Morgan fingerprint density at radius 1 is 1.53 bits per heavy atom. The average molecular weight is 258 g/mol. The number of hydrogen-bond donors (Lipinski definition) is 1. The van der Waals surface area contributed by atoms with E-state index in [2.05, 4.69) is 11.2 Å². The van der Waals surface area contributed by atoms with Gasteiger partial charge in [0.2, 0.25) is 6.23 Å². The van der Waals surface area contributed by atoms with Crippen LogP contribution in [0.2, 0.25) is 0 Å². The lowest BCUT2D eigenvalue weighted by molar-refractivity contribution is 0.0376. The molecule has 0 aromatic heterocycles. The predicted molar refractivity (Wildman–Crippen MR) is 69.2 cm³/mol. The summed E-state index contributed by atoms with van der Waals surface area (Å²) in [5.74, 6) is 2.44. The molecule has 1 unspecified atom stereocenters. The van der Waals surface area contributed by atoms with Gasteiger partial charge < -0.3 is 14.8 Å². The zero-order chi connectivity index (χ0) is 14.3. The normalized spacial score (nSPS) is 12.6. The Bertz CT molecular complexity index is 528. The van der Waals surface area contributed by atoms with E-state index >= 15 is 0 Å². The number of methoxy groups -OCH3 is 1. The van der Waals surface area contributed by atoms with Crippen LogP contribution in [-0.4, -0.2) is 25.3 Å². The van der Waals surface area contributed by atoms with Crippen LogP contribution >= 0.6 is 0 Å². The largest absolute Gasteiger partial charge is 0.497 e. The lowest BCUT2D eigenvalue weighted by atomic mass is 10.2. The van der Waals surface area contributed by atoms with Crippen molar-refractivity contribution < 1.29 is 14.3 Å². The molecule has 2 atom stereocenters. The standard InChI is InChI=1S/C14H14N2O3/c1-4-10(2)19-13(9-15)16-14(17)11-6-5-7-12(8-11)18-3/h1,5-8,10,13H,2-3H3,(H,16,17)/t10-,13?/m1/s1. The van der Waals surface area contributed by atoms with E-state index in [1.807, 2.05) is 6.07 Å². The van der Waals surface area contributed by atoms with Gasteiger partial charge in [-0.15, -0.1) is 6.42 Å². The number of amides is 1. The van der Waals surface area contributed by atoms with E-state index in [4.69, 9.17) is 21.2 Å². The summed E-state index contributed by atoms with van der Waals surface area (Å²) in [6, 6.07) is 8.39. The van der Waals surface area contributed by atoms with Gasteiger partial charge in [0.1, 0.15) is 17.9 Å². The van der Waals surface area contributed by atoms with Crippen LogP contribution in [0.25, 0.3) is 0 Å². The number of terminal acetylenes is 1. The molecule has 1 N–H and O–H groups in total. The monoisotopic (exact) mass is 258 g/mol. The third-order valence-electron chi connectivity index (χ3n) is 2.29. The molecule has 0 saturated carbocycles. The molecule has 5 nitrogen and oxygen atoms in total. The molecule has 5 heteroatoms. The van der Waals surface area contributed by atoms with Crippen molar-refractivity contribution in [1.29, 1.82) is 5.26 Å². The van der Waals surface area contributed by atoms with Crippen LogP contribution in [0.3, 0.4) is 0 Å². The van der Waals surface area contributed by atoms with Gasteiger partial charge in [-0.1, -0.05) is 12.0 Å². The summed E-state index contributed by atoms with van der Waals surface area (Å²) >= 11 is 0. The Morgan fingerprint density at radius 2 is 2.26 bits per heavy atom. The maximum atomic E-state index is 11.9. The molecule has 1 rings (SSSR count). The first kappa shape index (κ1) is 14.6. The van der Waals surface area contributed by atoms with Crippen LogP contribution < -0.4 is 10.1 Å². The molecule has 0 fully saturated rings. The van der Waals surface area contributed by atoms with Crippen molar-refractivity contribution in [2.45, 2.75) is 19.3 Å². The van der Waals surface area contributed by atoms with Gasteiger partial charge in [0.25, 0.3) is 5.91 Å². The molecular formula is C14H14N2O3. The number of carbonyl (C=O) groups is 1. The molecule has 0 saturated heterocycles. The molecular weight excluding hydrogens is 244 g/mol. The first-order valence-corrected chi connectivity index (χ1v) is 5.56. The molecule has 98 valence electrons. The number of benzene rings is 1. The molecule has 1 amide bonds. The van der Waals surface area contributed by atoms with E-state index < -0.39 is 18.2 Å². The van der Waals surface area contributed by atoms with Gasteiger partial charge in [0.15, 0.2) is 0 Å². The Hall–Kier alpha value is -2.50. The Kier molecular flexibility index (Phi) is 5.40. The summed E-state index contributed by atoms with van der Waals surface area (Å²) in [7, 11) is 1.51. The number of ether oxygens (including phenoxy) is 2. The Morgan fingerprint density at radius 3 is 2.84 bits per heavy atom. The second-order valence-electron chi connectivity index (χ2n) is 3.66. The second kappa shape index (κ2) is 7.05. The van der Waals surface area contributed by atoms with Crippen LogP contribution in [0.15, 0.2) is 24.3 Å². The van der Waals surface area contributed by atoms with E-state index in [0.29, 0.717) is 11.3 Å². The topological polar surface area (TPSA) is 71.3 Å². The van der Waals surface area contributed by atoms with Crippen molar-refractivity contribution in [2.75, 3.05) is 7.11 Å². The number of nitriles is 1. The van der Waals surface area contributed by atoms with Gasteiger partial charge in [-0.2, -0.15) is 5.26 Å². The van der Waals surface area contributed by atoms with E-state index in [-0.39, 0.29) is 0 Å². The van der Waals surface area contributed by atoms with Crippen molar-refractivity contribution in [2.24, 2.45) is 0 Å². The number of nitrogens with zero attached hydrogens (tertiary/aromatic N) is 1. The minimum Gasteiger partial charge on any atom is -0.497 e. The van der Waals surface area contributed by atoms with Gasteiger partial charge in [0, 0.05) is 5.56 Å². The van der Waals surface area contributed by atoms with Crippen LogP contribution in [-0.2, 0) is 4.74 Å². The molecule has 0 aliphatic carbocycles. The van der Waals surface area contributed by atoms with Crippen molar-refractivity contribution >= 4 is 5.91 Å².